The minimum absolute atomic E-state index is 0.764. The Morgan fingerprint density at radius 1 is 0.875 bits per heavy atom. The van der Waals surface area contributed by atoms with E-state index in [2.05, 4.69) is 20.8 Å². The van der Waals surface area contributed by atoms with Gasteiger partial charge in [-0.15, -0.1) is 0 Å². The molecule has 0 radical (unpaired) electrons. The molecule has 0 spiro atoms. The standard InChI is InChI=1S/C14H32N2/c1-4-5-6-7-8-9-10-12-16(15)13-11-14(2)3/h14H,4-13,15H2,1-3H3. The van der Waals surface area contributed by atoms with Crippen molar-refractivity contribution in [2.45, 2.75) is 72.1 Å². The molecule has 0 aromatic rings. The van der Waals surface area contributed by atoms with Gasteiger partial charge in [0.2, 0.25) is 0 Å². The maximum atomic E-state index is 5.92. The molecule has 0 aromatic heterocycles. The van der Waals surface area contributed by atoms with Gasteiger partial charge in [0, 0.05) is 13.1 Å². The zero-order valence-corrected chi connectivity index (χ0v) is 11.7. The lowest BCUT2D eigenvalue weighted by molar-refractivity contribution is 0.259. The van der Waals surface area contributed by atoms with Gasteiger partial charge in [0.15, 0.2) is 0 Å². The zero-order valence-electron chi connectivity index (χ0n) is 11.7. The lowest BCUT2D eigenvalue weighted by atomic mass is 10.1. The summed E-state index contributed by atoms with van der Waals surface area (Å²) in [5.41, 5.74) is 0. The summed E-state index contributed by atoms with van der Waals surface area (Å²) >= 11 is 0. The van der Waals surface area contributed by atoms with Crippen LogP contribution in [0.25, 0.3) is 0 Å². The van der Waals surface area contributed by atoms with E-state index < -0.39 is 0 Å². The van der Waals surface area contributed by atoms with Crippen LogP contribution in [0.1, 0.15) is 72.1 Å². The van der Waals surface area contributed by atoms with Gasteiger partial charge >= 0.3 is 0 Å². The minimum Gasteiger partial charge on any atom is -0.269 e. The first-order valence-electron chi connectivity index (χ1n) is 7.16. The molecule has 0 aliphatic heterocycles. The van der Waals surface area contributed by atoms with Gasteiger partial charge in [-0.3, -0.25) is 5.84 Å². The van der Waals surface area contributed by atoms with E-state index in [1.54, 1.807) is 0 Å². The highest BCUT2D eigenvalue weighted by Gasteiger charge is 2.00. The van der Waals surface area contributed by atoms with Gasteiger partial charge in [0.25, 0.3) is 0 Å². The summed E-state index contributed by atoms with van der Waals surface area (Å²) in [6.07, 6.45) is 10.8. The van der Waals surface area contributed by atoms with E-state index in [4.69, 9.17) is 5.84 Å². The van der Waals surface area contributed by atoms with Crippen molar-refractivity contribution in [1.82, 2.24) is 5.01 Å². The molecule has 0 aliphatic rings. The van der Waals surface area contributed by atoms with Crippen molar-refractivity contribution in [3.05, 3.63) is 0 Å². The molecule has 0 unspecified atom stereocenters. The molecule has 0 aliphatic carbocycles. The van der Waals surface area contributed by atoms with E-state index in [0.717, 1.165) is 19.0 Å². The van der Waals surface area contributed by atoms with Crippen LogP contribution in [0.4, 0.5) is 0 Å². The summed E-state index contributed by atoms with van der Waals surface area (Å²) in [6.45, 7) is 8.89. The van der Waals surface area contributed by atoms with Gasteiger partial charge < -0.3 is 0 Å². The van der Waals surface area contributed by atoms with E-state index in [9.17, 15) is 0 Å². The first-order valence-corrected chi connectivity index (χ1v) is 7.16. The van der Waals surface area contributed by atoms with Crippen LogP contribution in [-0.4, -0.2) is 18.1 Å². The molecule has 0 atom stereocenters. The summed E-state index contributed by atoms with van der Waals surface area (Å²) < 4.78 is 0. The van der Waals surface area contributed by atoms with Crippen molar-refractivity contribution in [2.24, 2.45) is 11.8 Å². The lowest BCUT2D eigenvalue weighted by Gasteiger charge is -2.17. The largest absolute Gasteiger partial charge is 0.269 e. The number of nitrogens with zero attached hydrogens (tertiary/aromatic N) is 1. The van der Waals surface area contributed by atoms with Crippen LogP contribution in [0, 0.1) is 5.92 Å². The highest BCUT2D eigenvalue weighted by Crippen LogP contribution is 2.07. The number of rotatable bonds is 11. The maximum Gasteiger partial charge on any atom is 0.0131 e. The predicted molar refractivity (Wildman–Crippen MR) is 73.2 cm³/mol. The van der Waals surface area contributed by atoms with Crippen LogP contribution >= 0.6 is 0 Å². The average molecular weight is 228 g/mol. The highest BCUT2D eigenvalue weighted by atomic mass is 15.4. The quantitative estimate of drug-likeness (QED) is 0.329. The molecular weight excluding hydrogens is 196 g/mol. The molecule has 0 heterocycles. The molecule has 0 aromatic carbocycles. The second kappa shape index (κ2) is 11.4. The average Bonchev–Trinajstić information content (AvgIpc) is 2.25. The Bertz CT molecular complexity index is 135. The van der Waals surface area contributed by atoms with E-state index >= 15 is 0 Å². The molecule has 0 saturated heterocycles. The van der Waals surface area contributed by atoms with Crippen molar-refractivity contribution in [3.8, 4) is 0 Å². The fourth-order valence-corrected chi connectivity index (χ4v) is 1.81. The van der Waals surface area contributed by atoms with Crippen molar-refractivity contribution in [3.63, 3.8) is 0 Å². The fraction of sp³-hybridized carbons (Fsp3) is 1.00. The third-order valence-electron chi connectivity index (χ3n) is 3.04. The van der Waals surface area contributed by atoms with Crippen molar-refractivity contribution < 1.29 is 0 Å². The number of hydrogen-bond acceptors (Lipinski definition) is 2. The Balaban J connectivity index is 3.12. The summed E-state index contributed by atoms with van der Waals surface area (Å²) in [5, 5.41) is 1.99. The van der Waals surface area contributed by atoms with Crippen molar-refractivity contribution in [1.29, 1.82) is 0 Å². The SMILES string of the molecule is CCCCCCCCCN(N)CCC(C)C. The Hall–Kier alpha value is -0.0800. The molecule has 0 fully saturated rings. The Kier molecular flexibility index (Phi) is 11.3. The molecule has 2 nitrogen and oxygen atoms in total. The molecule has 0 saturated carbocycles. The number of nitrogens with two attached hydrogens (primary N) is 1. The fourth-order valence-electron chi connectivity index (χ4n) is 1.81. The first-order chi connectivity index (χ1) is 7.66. The number of hydrazine groups is 1. The molecule has 0 rings (SSSR count). The van der Waals surface area contributed by atoms with Gasteiger partial charge in [0.1, 0.15) is 0 Å². The number of unbranched alkanes of at least 4 members (excludes halogenated alkanes) is 6. The Morgan fingerprint density at radius 2 is 1.44 bits per heavy atom. The monoisotopic (exact) mass is 228 g/mol. The topological polar surface area (TPSA) is 29.3 Å². The van der Waals surface area contributed by atoms with Crippen molar-refractivity contribution >= 4 is 0 Å². The third-order valence-corrected chi connectivity index (χ3v) is 3.04. The smallest absolute Gasteiger partial charge is 0.0131 e. The highest BCUT2D eigenvalue weighted by molar-refractivity contribution is 4.53. The van der Waals surface area contributed by atoms with E-state index in [1.807, 2.05) is 5.01 Å². The van der Waals surface area contributed by atoms with Crippen LogP contribution in [0.3, 0.4) is 0 Å². The van der Waals surface area contributed by atoms with Crippen LogP contribution in [0.5, 0.6) is 0 Å². The molecule has 0 amide bonds. The predicted octanol–water partition coefficient (Wildman–Crippen LogP) is 3.96. The van der Waals surface area contributed by atoms with E-state index in [-0.39, 0.29) is 0 Å². The van der Waals surface area contributed by atoms with E-state index in [1.165, 1.54) is 51.4 Å². The Morgan fingerprint density at radius 3 is 2.00 bits per heavy atom. The second-order valence-corrected chi connectivity index (χ2v) is 5.34. The van der Waals surface area contributed by atoms with Gasteiger partial charge in [-0.2, -0.15) is 0 Å². The van der Waals surface area contributed by atoms with Gasteiger partial charge in [-0.1, -0.05) is 59.3 Å². The second-order valence-electron chi connectivity index (χ2n) is 5.34. The van der Waals surface area contributed by atoms with Gasteiger partial charge in [0.05, 0.1) is 0 Å². The summed E-state index contributed by atoms with van der Waals surface area (Å²) in [5.74, 6) is 6.68. The van der Waals surface area contributed by atoms with Crippen LogP contribution in [0.2, 0.25) is 0 Å². The van der Waals surface area contributed by atoms with E-state index in [0.29, 0.717) is 0 Å². The molecule has 0 bridgehead atoms. The van der Waals surface area contributed by atoms with Crippen LogP contribution < -0.4 is 5.84 Å². The molecule has 16 heavy (non-hydrogen) atoms. The first kappa shape index (κ1) is 15.9. The number of hydrogen-bond donors (Lipinski definition) is 1. The molecule has 2 heteroatoms. The molecule has 2 N–H and O–H groups in total. The minimum atomic E-state index is 0.764. The van der Waals surface area contributed by atoms with Crippen LogP contribution in [-0.2, 0) is 0 Å². The normalized spacial score (nSPS) is 11.6. The summed E-state index contributed by atoms with van der Waals surface area (Å²) in [7, 11) is 0. The lowest BCUT2D eigenvalue weighted by Crippen LogP contribution is -2.33. The zero-order chi connectivity index (χ0) is 12.2. The van der Waals surface area contributed by atoms with Crippen molar-refractivity contribution in [2.75, 3.05) is 13.1 Å². The van der Waals surface area contributed by atoms with Crippen LogP contribution in [0.15, 0.2) is 0 Å². The summed E-state index contributed by atoms with van der Waals surface area (Å²) in [4.78, 5) is 0. The van der Waals surface area contributed by atoms with Gasteiger partial charge in [-0.25, -0.2) is 5.01 Å². The third kappa shape index (κ3) is 12.0. The molecule has 98 valence electrons. The Labute approximate surface area is 103 Å². The van der Waals surface area contributed by atoms with Gasteiger partial charge in [-0.05, 0) is 18.8 Å². The summed E-state index contributed by atoms with van der Waals surface area (Å²) in [6, 6.07) is 0. The molecular formula is C14H32N2. The maximum absolute atomic E-state index is 5.92.